The van der Waals surface area contributed by atoms with Crippen LogP contribution in [0.25, 0.3) is 10.2 Å². The number of rotatable bonds is 6. The molecule has 0 aliphatic carbocycles. The molecule has 3 aromatic rings. The molecule has 30 heavy (non-hydrogen) atoms. The Labute approximate surface area is 181 Å². The highest BCUT2D eigenvalue weighted by atomic mass is 32.2. The minimum absolute atomic E-state index is 0.208. The van der Waals surface area contributed by atoms with Crippen molar-refractivity contribution < 1.29 is 13.2 Å². The lowest BCUT2D eigenvalue weighted by Crippen LogP contribution is -2.38. The molecule has 0 radical (unpaired) electrons. The monoisotopic (exact) mass is 445 g/mol. The fourth-order valence-corrected chi connectivity index (χ4v) is 6.13. The first kappa shape index (κ1) is 21.1. The molecular weight excluding hydrogens is 418 g/mol. The lowest BCUT2D eigenvalue weighted by atomic mass is 9.97. The maximum Gasteiger partial charge on any atom is 0.244 e. The van der Waals surface area contributed by atoms with Crippen molar-refractivity contribution in [3.63, 3.8) is 0 Å². The second-order valence-corrected chi connectivity index (χ2v) is 10.6. The number of anilines is 1. The third-order valence-corrected chi connectivity index (χ3v) is 8.34. The van der Waals surface area contributed by atoms with E-state index < -0.39 is 10.0 Å². The van der Waals surface area contributed by atoms with E-state index in [1.807, 2.05) is 32.0 Å². The summed E-state index contributed by atoms with van der Waals surface area (Å²) in [6, 6.07) is 11.6. The summed E-state index contributed by atoms with van der Waals surface area (Å²) in [5, 5.41) is 1.05. The van der Waals surface area contributed by atoms with Crippen LogP contribution in [0.1, 0.15) is 24.0 Å². The molecule has 1 fully saturated rings. The van der Waals surface area contributed by atoms with E-state index in [2.05, 4.69) is 15.7 Å². The van der Waals surface area contributed by atoms with Crippen LogP contribution in [0.2, 0.25) is 0 Å². The van der Waals surface area contributed by atoms with Crippen molar-refractivity contribution in [2.45, 2.75) is 31.6 Å². The highest BCUT2D eigenvalue weighted by molar-refractivity contribution is 7.89. The summed E-state index contributed by atoms with van der Waals surface area (Å²) in [5.74, 6) is 0.694. The van der Waals surface area contributed by atoms with E-state index in [1.54, 1.807) is 23.5 Å². The van der Waals surface area contributed by atoms with E-state index in [0.717, 1.165) is 47.7 Å². The van der Waals surface area contributed by atoms with E-state index >= 15 is 0 Å². The van der Waals surface area contributed by atoms with Crippen molar-refractivity contribution in [3.8, 4) is 5.75 Å². The standard InChI is InChI=1S/C22H27N3O3S2/c1-15-12-19(28-3)21(13-16(15)2)30(26,27)23-14-17-8-10-25(11-9-17)22-24-18-6-4-5-7-20(18)29-22/h4-7,12-13,17,23H,8-11,14H2,1-3H3. The average molecular weight is 446 g/mol. The molecule has 2 aromatic carbocycles. The molecule has 0 unspecified atom stereocenters. The lowest BCUT2D eigenvalue weighted by molar-refractivity contribution is 0.395. The van der Waals surface area contributed by atoms with E-state index in [4.69, 9.17) is 9.72 Å². The van der Waals surface area contributed by atoms with E-state index in [9.17, 15) is 8.42 Å². The van der Waals surface area contributed by atoms with Gasteiger partial charge in [0.25, 0.3) is 0 Å². The number of nitrogens with zero attached hydrogens (tertiary/aromatic N) is 2. The number of methoxy groups -OCH3 is 1. The summed E-state index contributed by atoms with van der Waals surface area (Å²) in [6.45, 7) is 6.07. The van der Waals surface area contributed by atoms with Crippen molar-refractivity contribution in [2.75, 3.05) is 31.6 Å². The molecule has 2 heterocycles. The molecule has 1 aliphatic rings. The largest absolute Gasteiger partial charge is 0.495 e. The van der Waals surface area contributed by atoms with Gasteiger partial charge in [-0.15, -0.1) is 0 Å². The molecule has 1 N–H and O–H groups in total. The number of sulfonamides is 1. The summed E-state index contributed by atoms with van der Waals surface area (Å²) in [7, 11) is -2.12. The molecule has 0 atom stereocenters. The number of hydrogen-bond acceptors (Lipinski definition) is 6. The third kappa shape index (κ3) is 4.31. The molecule has 6 nitrogen and oxygen atoms in total. The van der Waals surface area contributed by atoms with Gasteiger partial charge < -0.3 is 9.64 Å². The maximum absolute atomic E-state index is 12.9. The summed E-state index contributed by atoms with van der Waals surface area (Å²) in [6.07, 6.45) is 1.87. The number of benzene rings is 2. The minimum Gasteiger partial charge on any atom is -0.495 e. The van der Waals surface area contributed by atoms with Gasteiger partial charge in [0.1, 0.15) is 10.6 Å². The Morgan fingerprint density at radius 1 is 1.17 bits per heavy atom. The Bertz CT molecular complexity index is 1120. The molecule has 1 aromatic heterocycles. The number of thiazole rings is 1. The Hall–Kier alpha value is -2.16. The summed E-state index contributed by atoms with van der Waals surface area (Å²) < 4.78 is 35.1. The molecule has 1 saturated heterocycles. The highest BCUT2D eigenvalue weighted by Crippen LogP contribution is 2.32. The fraction of sp³-hybridized carbons (Fsp3) is 0.409. The predicted octanol–water partition coefficient (Wildman–Crippen LogP) is 4.12. The zero-order chi connectivity index (χ0) is 21.3. The zero-order valence-electron chi connectivity index (χ0n) is 17.5. The van der Waals surface area contributed by atoms with Gasteiger partial charge in [0.05, 0.1) is 17.3 Å². The van der Waals surface area contributed by atoms with Crippen molar-refractivity contribution in [2.24, 2.45) is 5.92 Å². The molecule has 1 aliphatic heterocycles. The fourth-order valence-electron chi connectivity index (χ4n) is 3.76. The van der Waals surface area contributed by atoms with Gasteiger partial charge in [0.2, 0.25) is 10.0 Å². The van der Waals surface area contributed by atoms with Crippen LogP contribution in [0, 0.1) is 19.8 Å². The molecule has 160 valence electrons. The summed E-state index contributed by atoms with van der Waals surface area (Å²) in [5.41, 5.74) is 2.98. The lowest BCUT2D eigenvalue weighted by Gasteiger charge is -2.31. The topological polar surface area (TPSA) is 71.5 Å². The van der Waals surface area contributed by atoms with Crippen LogP contribution < -0.4 is 14.4 Å². The van der Waals surface area contributed by atoms with Crippen LogP contribution in [0.4, 0.5) is 5.13 Å². The predicted molar refractivity (Wildman–Crippen MR) is 122 cm³/mol. The van der Waals surface area contributed by atoms with Gasteiger partial charge in [-0.25, -0.2) is 18.1 Å². The number of hydrogen-bond donors (Lipinski definition) is 1. The number of piperidine rings is 1. The molecule has 4 rings (SSSR count). The Morgan fingerprint density at radius 3 is 2.57 bits per heavy atom. The summed E-state index contributed by atoms with van der Waals surface area (Å²) >= 11 is 1.72. The van der Waals surface area contributed by atoms with Crippen LogP contribution in [0.15, 0.2) is 41.3 Å². The first-order valence-corrected chi connectivity index (χ1v) is 12.4. The minimum atomic E-state index is -3.62. The first-order chi connectivity index (χ1) is 14.4. The Balaban J connectivity index is 1.38. The first-order valence-electron chi connectivity index (χ1n) is 10.1. The number of aromatic nitrogens is 1. The van der Waals surface area contributed by atoms with E-state index in [0.29, 0.717) is 18.2 Å². The number of fused-ring (bicyclic) bond motifs is 1. The number of nitrogens with one attached hydrogen (secondary N) is 1. The number of aryl methyl sites for hydroxylation is 2. The maximum atomic E-state index is 12.9. The molecule has 0 amide bonds. The van der Waals surface area contributed by atoms with Gasteiger partial charge in [-0.3, -0.25) is 0 Å². The quantitative estimate of drug-likeness (QED) is 0.618. The molecule has 0 bridgehead atoms. The van der Waals surface area contributed by atoms with Crippen LogP contribution in [-0.4, -0.2) is 40.1 Å². The van der Waals surface area contributed by atoms with Gasteiger partial charge in [-0.2, -0.15) is 0 Å². The van der Waals surface area contributed by atoms with Gasteiger partial charge in [0, 0.05) is 19.6 Å². The second-order valence-electron chi connectivity index (χ2n) is 7.83. The molecule has 0 spiro atoms. The highest BCUT2D eigenvalue weighted by Gasteiger charge is 2.25. The molecule has 0 saturated carbocycles. The van der Waals surface area contributed by atoms with Crippen LogP contribution in [0.5, 0.6) is 5.75 Å². The van der Waals surface area contributed by atoms with Crippen LogP contribution in [0.3, 0.4) is 0 Å². The average Bonchev–Trinajstić information content (AvgIpc) is 3.18. The normalized spacial score (nSPS) is 15.6. The van der Waals surface area contributed by atoms with Crippen molar-refractivity contribution in [1.29, 1.82) is 0 Å². The van der Waals surface area contributed by atoms with Crippen molar-refractivity contribution >= 4 is 36.7 Å². The molecular formula is C22H27N3O3S2. The third-order valence-electron chi connectivity index (χ3n) is 5.80. The van der Waals surface area contributed by atoms with E-state index in [-0.39, 0.29) is 4.90 Å². The van der Waals surface area contributed by atoms with Gasteiger partial charge >= 0.3 is 0 Å². The summed E-state index contributed by atoms with van der Waals surface area (Å²) in [4.78, 5) is 7.26. The second kappa shape index (κ2) is 8.53. The number of ether oxygens (including phenoxy) is 1. The van der Waals surface area contributed by atoms with Crippen molar-refractivity contribution in [1.82, 2.24) is 9.71 Å². The van der Waals surface area contributed by atoms with Gasteiger partial charge in [-0.1, -0.05) is 23.5 Å². The Kier molecular flexibility index (Phi) is 5.99. The smallest absolute Gasteiger partial charge is 0.244 e. The zero-order valence-corrected chi connectivity index (χ0v) is 19.1. The Morgan fingerprint density at radius 2 is 1.87 bits per heavy atom. The van der Waals surface area contributed by atoms with E-state index in [1.165, 1.54) is 11.8 Å². The number of para-hydroxylation sites is 1. The SMILES string of the molecule is COc1cc(C)c(C)cc1S(=O)(=O)NCC1CCN(c2nc3ccccc3s2)CC1. The van der Waals surface area contributed by atoms with Crippen LogP contribution in [-0.2, 0) is 10.0 Å². The van der Waals surface area contributed by atoms with Gasteiger partial charge in [0.15, 0.2) is 5.13 Å². The van der Waals surface area contributed by atoms with Gasteiger partial charge in [-0.05, 0) is 68.0 Å². The molecule has 8 heteroatoms. The van der Waals surface area contributed by atoms with Crippen molar-refractivity contribution in [3.05, 3.63) is 47.5 Å². The van der Waals surface area contributed by atoms with Crippen LogP contribution >= 0.6 is 11.3 Å².